The fourth-order valence-electron chi connectivity index (χ4n) is 7.25. The highest BCUT2D eigenvalue weighted by atomic mass is 32.2. The number of fused-ring (bicyclic) bond motifs is 2. The second kappa shape index (κ2) is 16.7. The molecule has 2 aromatic rings. The van der Waals surface area contributed by atoms with Gasteiger partial charge in [0.2, 0.25) is 5.36 Å². The molecule has 5 rings (SSSR count). The Morgan fingerprint density at radius 1 is 0.926 bits per heavy atom. The molecule has 54 heavy (non-hydrogen) atoms. The normalized spacial score (nSPS) is 16.9. The van der Waals surface area contributed by atoms with E-state index in [2.05, 4.69) is 36.6 Å². The lowest BCUT2D eigenvalue weighted by molar-refractivity contribution is -0.137. The van der Waals surface area contributed by atoms with E-state index in [1.54, 1.807) is 6.07 Å². The van der Waals surface area contributed by atoms with Crippen LogP contribution in [0.5, 0.6) is 0 Å². The number of hydrogen-bond donors (Lipinski definition) is 3. The third kappa shape index (κ3) is 9.09. The van der Waals surface area contributed by atoms with E-state index < -0.39 is 37.4 Å². The molecule has 11 nitrogen and oxygen atoms in total. The highest BCUT2D eigenvalue weighted by Crippen LogP contribution is 2.51. The molecule has 0 saturated heterocycles. The van der Waals surface area contributed by atoms with Crippen LogP contribution in [-0.4, -0.2) is 62.4 Å². The number of aliphatic carboxylic acids is 1. The Labute approximate surface area is 317 Å². The highest BCUT2D eigenvalue weighted by Gasteiger charge is 2.43. The van der Waals surface area contributed by atoms with E-state index in [0.717, 1.165) is 52.2 Å². The van der Waals surface area contributed by atoms with E-state index in [1.165, 1.54) is 12.1 Å². The SMILES string of the molecule is CC[N+](CC)=c1ccc2c(/C=C/C=C/C=C3\N(CCCS(=O)(=O)O)c4ccc(S(=O)(=O)O)cc4C3(C)CCCC(=O)O)c(C)c(-c3ccccc3)oc-2c1. The zero-order valence-corrected chi connectivity index (χ0v) is 32.5. The second-order valence-corrected chi connectivity index (χ2v) is 16.5. The van der Waals surface area contributed by atoms with Gasteiger partial charge < -0.3 is 14.4 Å². The highest BCUT2D eigenvalue weighted by molar-refractivity contribution is 7.86. The predicted octanol–water partition coefficient (Wildman–Crippen LogP) is 7.18. The van der Waals surface area contributed by atoms with Gasteiger partial charge >= 0.3 is 5.97 Å². The van der Waals surface area contributed by atoms with Gasteiger partial charge in [-0.05, 0) is 88.4 Å². The molecule has 1 aliphatic carbocycles. The summed E-state index contributed by atoms with van der Waals surface area (Å²) in [6.07, 6.45) is 10.0. The summed E-state index contributed by atoms with van der Waals surface area (Å²) in [7, 11) is -8.80. The van der Waals surface area contributed by atoms with E-state index in [9.17, 15) is 35.8 Å². The summed E-state index contributed by atoms with van der Waals surface area (Å²) in [5.41, 5.74) is 4.77. The third-order valence-corrected chi connectivity index (χ3v) is 11.6. The Kier molecular flexibility index (Phi) is 12.5. The average molecular weight is 776 g/mol. The first kappa shape index (κ1) is 40.4. The van der Waals surface area contributed by atoms with Crippen molar-refractivity contribution in [2.45, 2.75) is 63.7 Å². The maximum absolute atomic E-state index is 12.2. The molecule has 13 heteroatoms. The zero-order valence-electron chi connectivity index (χ0n) is 30.9. The van der Waals surface area contributed by atoms with Crippen molar-refractivity contribution in [3.8, 4) is 22.6 Å². The van der Waals surface area contributed by atoms with Crippen LogP contribution in [0.25, 0.3) is 28.7 Å². The van der Waals surface area contributed by atoms with Gasteiger partial charge in [0.05, 0.1) is 16.7 Å². The topological polar surface area (TPSA) is 165 Å². The monoisotopic (exact) mass is 775 g/mol. The molecule has 2 aliphatic heterocycles. The summed E-state index contributed by atoms with van der Waals surface area (Å²) in [4.78, 5) is 13.0. The van der Waals surface area contributed by atoms with Crippen LogP contribution in [0.15, 0.2) is 106 Å². The van der Waals surface area contributed by atoms with Crippen molar-refractivity contribution in [1.29, 1.82) is 0 Å². The standard InChI is InChI=1S/C41H46N2O9S2/c1-5-42(6-2)31-20-22-34-33(29(3)40(52-37(34)27-31)30-15-9-7-10-16-30)17-11-8-12-18-38-41(4,24-13-19-39(44)45)35-28-32(54(49,50)51)21-23-36(35)43(38)25-14-26-53(46,47)48/h7-12,15-18,20-23,27-28H,5-6,13-14,19,24-26H2,1-4H3,(H2-,44,45,46,47,48,49,50,51)/p+1. The molecule has 0 spiro atoms. The zero-order chi connectivity index (χ0) is 39.3. The van der Waals surface area contributed by atoms with E-state index in [0.29, 0.717) is 23.4 Å². The van der Waals surface area contributed by atoms with Gasteiger partial charge in [-0.1, -0.05) is 54.6 Å². The van der Waals surface area contributed by atoms with Crippen molar-refractivity contribution >= 4 is 38.0 Å². The van der Waals surface area contributed by atoms with E-state index in [4.69, 9.17) is 4.42 Å². The molecular formula is C41H47N2O9S2+. The van der Waals surface area contributed by atoms with Gasteiger partial charge in [-0.3, -0.25) is 13.9 Å². The Bertz CT molecular complexity index is 2370. The maximum atomic E-state index is 12.2. The summed E-state index contributed by atoms with van der Waals surface area (Å²) in [6, 6.07) is 20.4. The Hall–Kier alpha value is -4.82. The molecular weight excluding hydrogens is 729 g/mol. The molecule has 0 fully saturated rings. The van der Waals surface area contributed by atoms with Crippen molar-refractivity contribution in [1.82, 2.24) is 4.58 Å². The first-order valence-corrected chi connectivity index (χ1v) is 20.9. The quantitative estimate of drug-likeness (QED) is 0.0640. The maximum Gasteiger partial charge on any atom is 0.303 e. The Morgan fingerprint density at radius 3 is 2.30 bits per heavy atom. The molecule has 286 valence electrons. The van der Waals surface area contributed by atoms with Gasteiger partial charge in [0.15, 0.2) is 0 Å². The summed E-state index contributed by atoms with van der Waals surface area (Å²) < 4.78 is 75.7. The van der Waals surface area contributed by atoms with Gasteiger partial charge in [-0.25, -0.2) is 4.58 Å². The summed E-state index contributed by atoms with van der Waals surface area (Å²) in [6.45, 7) is 10.0. The van der Waals surface area contributed by atoms with E-state index in [1.807, 2.05) is 79.5 Å². The van der Waals surface area contributed by atoms with Gasteiger partial charge in [0, 0.05) is 52.5 Å². The van der Waals surface area contributed by atoms with E-state index in [-0.39, 0.29) is 30.7 Å². The van der Waals surface area contributed by atoms with Crippen molar-refractivity contribution < 1.29 is 40.3 Å². The van der Waals surface area contributed by atoms with Crippen LogP contribution in [-0.2, 0) is 30.4 Å². The minimum Gasteiger partial charge on any atom is -0.481 e. The van der Waals surface area contributed by atoms with Crippen molar-refractivity contribution in [3.05, 3.63) is 119 Å². The van der Waals surface area contributed by atoms with Gasteiger partial charge in [-0.15, -0.1) is 0 Å². The first-order valence-electron chi connectivity index (χ1n) is 17.9. The number of carboxylic acids is 1. The lowest BCUT2D eigenvalue weighted by Gasteiger charge is -2.30. The van der Waals surface area contributed by atoms with Crippen LogP contribution in [0.2, 0.25) is 0 Å². The lowest BCUT2D eigenvalue weighted by Crippen LogP contribution is -2.30. The van der Waals surface area contributed by atoms with Crippen LogP contribution < -0.4 is 14.8 Å². The number of allylic oxidation sites excluding steroid dienone is 5. The third-order valence-electron chi connectivity index (χ3n) is 9.97. The average Bonchev–Trinajstić information content (AvgIpc) is 3.34. The molecule has 1 unspecified atom stereocenters. The summed E-state index contributed by atoms with van der Waals surface area (Å²) >= 11 is 0. The minimum absolute atomic E-state index is 0.0651. The van der Waals surface area contributed by atoms with Crippen molar-refractivity contribution in [3.63, 3.8) is 0 Å². The number of carboxylic acid groups (broad SMARTS) is 1. The van der Waals surface area contributed by atoms with Gasteiger partial charge in [0.25, 0.3) is 20.2 Å². The fraction of sp³-hybridized carbons (Fsp3) is 0.317. The number of carbonyl (C=O) groups is 1. The van der Waals surface area contributed by atoms with Gasteiger partial charge in [-0.2, -0.15) is 16.8 Å². The Balaban J connectivity index is 1.60. The Morgan fingerprint density at radius 2 is 1.65 bits per heavy atom. The molecule has 3 N–H and O–H groups in total. The van der Waals surface area contributed by atoms with Crippen LogP contribution >= 0.6 is 0 Å². The van der Waals surface area contributed by atoms with Crippen LogP contribution in [0.4, 0.5) is 5.69 Å². The van der Waals surface area contributed by atoms with Crippen molar-refractivity contribution in [2.24, 2.45) is 0 Å². The van der Waals surface area contributed by atoms with Gasteiger partial charge in [0.1, 0.15) is 24.6 Å². The van der Waals surface area contributed by atoms with Crippen LogP contribution in [0.1, 0.15) is 63.1 Å². The smallest absolute Gasteiger partial charge is 0.303 e. The van der Waals surface area contributed by atoms with E-state index >= 15 is 0 Å². The van der Waals surface area contributed by atoms with Crippen LogP contribution in [0, 0.1) is 6.92 Å². The first-order chi connectivity index (χ1) is 25.6. The number of rotatable bonds is 15. The minimum atomic E-state index is -4.56. The summed E-state index contributed by atoms with van der Waals surface area (Å²) in [5.74, 6) is 0.0541. The number of nitrogens with zero attached hydrogens (tertiary/aromatic N) is 2. The molecule has 0 aromatic heterocycles. The largest absolute Gasteiger partial charge is 0.481 e. The van der Waals surface area contributed by atoms with Crippen molar-refractivity contribution in [2.75, 3.05) is 30.3 Å². The molecule has 0 saturated carbocycles. The molecule has 3 aliphatic rings. The predicted molar refractivity (Wildman–Crippen MR) is 212 cm³/mol. The lowest BCUT2D eigenvalue weighted by atomic mass is 9.77. The number of anilines is 1. The molecule has 0 bridgehead atoms. The molecule has 2 aromatic carbocycles. The number of hydrogen-bond acceptors (Lipinski definition) is 7. The second-order valence-electron chi connectivity index (χ2n) is 13.5. The van der Waals surface area contributed by atoms with Crippen LogP contribution in [0.3, 0.4) is 0 Å². The molecule has 0 amide bonds. The molecule has 2 heterocycles. The summed E-state index contributed by atoms with van der Waals surface area (Å²) in [5, 5.41) is 10.5. The molecule has 1 atom stereocenters. The fourth-order valence-corrected chi connectivity index (χ4v) is 8.25. The molecule has 0 radical (unpaired) electrons. The number of benzene rings is 3.